The highest BCUT2D eigenvalue weighted by Crippen LogP contribution is 2.50. The van der Waals surface area contributed by atoms with Gasteiger partial charge in [-0.25, -0.2) is 26.5 Å². The number of nitro groups is 1. The summed E-state index contributed by atoms with van der Waals surface area (Å²) in [6.45, 7) is 3.71. The number of aryl methyl sites for hydroxylation is 1. The minimum Gasteiger partial charge on any atom is -0.258 e. The highest BCUT2D eigenvalue weighted by molar-refractivity contribution is 7.99. The average molecular weight is 555 g/mol. The first-order valence-corrected chi connectivity index (χ1v) is 13.8. The van der Waals surface area contributed by atoms with Crippen LogP contribution in [0.5, 0.6) is 0 Å². The Labute approximate surface area is 215 Å². The maximum absolute atomic E-state index is 13.9. The van der Waals surface area contributed by atoms with Gasteiger partial charge in [-0.15, -0.1) is 0 Å². The molecule has 0 spiro atoms. The van der Waals surface area contributed by atoms with Gasteiger partial charge in [0.05, 0.1) is 15.9 Å². The van der Waals surface area contributed by atoms with Crippen LogP contribution in [0.1, 0.15) is 36.8 Å². The Hall–Kier alpha value is -2.83. The molecular weight excluding hydrogens is 534 g/mol. The molecule has 0 radical (unpaired) electrons. The molecule has 3 aromatic rings. The standard InChI is InChI=1S/C23H21ClF2N4O4S2/c1-3-10-35-23-27-21(24)20(30(31)32)22(28-23)29(36(33,34)15-7-4-13(2)5-8-15)19-12-16(19)14-6-9-17(25)18(26)11-14/h4-9,11,16,19H,3,10,12H2,1-2H3/t16-,19+/m1/s1. The Kier molecular flexibility index (Phi) is 7.48. The van der Waals surface area contributed by atoms with E-state index in [1.54, 1.807) is 19.1 Å². The van der Waals surface area contributed by atoms with Gasteiger partial charge < -0.3 is 0 Å². The molecule has 8 nitrogen and oxygen atoms in total. The second-order valence-electron chi connectivity index (χ2n) is 8.27. The molecule has 1 fully saturated rings. The largest absolute Gasteiger partial charge is 0.349 e. The molecule has 0 aliphatic heterocycles. The van der Waals surface area contributed by atoms with E-state index in [0.29, 0.717) is 11.3 Å². The molecule has 0 N–H and O–H groups in total. The van der Waals surface area contributed by atoms with E-state index < -0.39 is 55.2 Å². The van der Waals surface area contributed by atoms with Gasteiger partial charge in [0.15, 0.2) is 16.8 Å². The van der Waals surface area contributed by atoms with E-state index in [0.717, 1.165) is 28.4 Å². The number of sulfonamides is 1. The van der Waals surface area contributed by atoms with Crippen LogP contribution in [0.4, 0.5) is 20.3 Å². The van der Waals surface area contributed by atoms with E-state index in [1.807, 2.05) is 6.92 Å². The zero-order valence-corrected chi connectivity index (χ0v) is 21.6. The number of thioether (sulfide) groups is 1. The summed E-state index contributed by atoms with van der Waals surface area (Å²) >= 11 is 7.35. The minimum atomic E-state index is -4.37. The molecule has 0 unspecified atom stereocenters. The van der Waals surface area contributed by atoms with Crippen molar-refractivity contribution < 1.29 is 22.1 Å². The highest BCUT2D eigenvalue weighted by Gasteiger charge is 2.51. The molecule has 4 rings (SSSR count). The van der Waals surface area contributed by atoms with E-state index >= 15 is 0 Å². The van der Waals surface area contributed by atoms with Gasteiger partial charge in [-0.2, -0.15) is 4.98 Å². The minimum absolute atomic E-state index is 0.0941. The monoisotopic (exact) mass is 554 g/mol. The first kappa shape index (κ1) is 26.2. The molecule has 1 aliphatic rings. The van der Waals surface area contributed by atoms with Crippen LogP contribution in [-0.4, -0.2) is 35.1 Å². The van der Waals surface area contributed by atoms with E-state index in [2.05, 4.69) is 9.97 Å². The Morgan fingerprint density at radius 3 is 2.47 bits per heavy atom. The van der Waals surface area contributed by atoms with Crippen molar-refractivity contribution in [1.82, 2.24) is 9.97 Å². The van der Waals surface area contributed by atoms with Gasteiger partial charge in [0.2, 0.25) is 11.0 Å². The summed E-state index contributed by atoms with van der Waals surface area (Å²) in [7, 11) is -4.37. The Morgan fingerprint density at radius 2 is 1.86 bits per heavy atom. The van der Waals surface area contributed by atoms with Gasteiger partial charge in [-0.05, 0) is 49.6 Å². The third kappa shape index (κ3) is 5.16. The molecule has 0 saturated heterocycles. The Balaban J connectivity index is 1.89. The van der Waals surface area contributed by atoms with Gasteiger partial charge in [-0.1, -0.05) is 54.0 Å². The summed E-state index contributed by atoms with van der Waals surface area (Å²) in [5, 5.41) is 11.6. The zero-order chi connectivity index (χ0) is 26.2. The topological polar surface area (TPSA) is 106 Å². The number of aromatic nitrogens is 2. The Bertz CT molecular complexity index is 1420. The molecule has 0 amide bonds. The number of hydrogen-bond acceptors (Lipinski definition) is 7. The van der Waals surface area contributed by atoms with Crippen molar-refractivity contribution in [2.45, 2.75) is 48.7 Å². The number of rotatable bonds is 9. The fourth-order valence-corrected chi connectivity index (χ4v) is 6.41. The molecule has 2 atom stereocenters. The van der Waals surface area contributed by atoms with Gasteiger partial charge in [-0.3, -0.25) is 10.1 Å². The summed E-state index contributed by atoms with van der Waals surface area (Å²) in [6.07, 6.45) is 0.969. The van der Waals surface area contributed by atoms with Crippen LogP contribution in [0, 0.1) is 28.7 Å². The van der Waals surface area contributed by atoms with Crippen LogP contribution in [0.3, 0.4) is 0 Å². The van der Waals surface area contributed by atoms with Crippen molar-refractivity contribution >= 4 is 44.9 Å². The lowest BCUT2D eigenvalue weighted by atomic mass is 10.1. The third-order valence-electron chi connectivity index (χ3n) is 5.64. The lowest BCUT2D eigenvalue weighted by molar-refractivity contribution is -0.384. The third-order valence-corrected chi connectivity index (χ3v) is 8.78. The Morgan fingerprint density at radius 1 is 1.17 bits per heavy atom. The quantitative estimate of drug-likeness (QED) is 0.107. The summed E-state index contributed by atoms with van der Waals surface area (Å²) in [5.74, 6) is -2.52. The zero-order valence-electron chi connectivity index (χ0n) is 19.2. The van der Waals surface area contributed by atoms with Crippen molar-refractivity contribution in [1.29, 1.82) is 0 Å². The summed E-state index contributed by atoms with van der Waals surface area (Å²) < 4.78 is 56.1. The predicted octanol–water partition coefficient (Wildman–Crippen LogP) is 5.88. The van der Waals surface area contributed by atoms with Crippen molar-refractivity contribution in [2.24, 2.45) is 0 Å². The first-order valence-electron chi connectivity index (χ1n) is 10.9. The normalized spacial score (nSPS) is 17.1. The predicted molar refractivity (Wildman–Crippen MR) is 133 cm³/mol. The van der Waals surface area contributed by atoms with Crippen LogP contribution in [0.15, 0.2) is 52.5 Å². The van der Waals surface area contributed by atoms with E-state index in [4.69, 9.17) is 11.6 Å². The molecule has 13 heteroatoms. The number of hydrogen-bond donors (Lipinski definition) is 0. The molecule has 0 bridgehead atoms. The van der Waals surface area contributed by atoms with Crippen molar-refractivity contribution in [2.75, 3.05) is 10.1 Å². The molecule has 2 aromatic carbocycles. The van der Waals surface area contributed by atoms with Crippen LogP contribution in [0.2, 0.25) is 5.15 Å². The number of anilines is 1. The summed E-state index contributed by atoms with van der Waals surface area (Å²) in [5.41, 5.74) is 0.441. The maximum Gasteiger partial charge on any atom is 0.349 e. The van der Waals surface area contributed by atoms with Crippen LogP contribution in [-0.2, 0) is 10.0 Å². The molecule has 1 aliphatic carbocycles. The van der Waals surface area contributed by atoms with E-state index in [9.17, 15) is 27.3 Å². The lowest BCUT2D eigenvalue weighted by Gasteiger charge is -2.24. The van der Waals surface area contributed by atoms with Crippen LogP contribution >= 0.6 is 23.4 Å². The van der Waals surface area contributed by atoms with Crippen LogP contribution in [0.25, 0.3) is 0 Å². The smallest absolute Gasteiger partial charge is 0.258 e. The second-order valence-corrected chi connectivity index (χ2v) is 11.5. The molecule has 1 heterocycles. The molecule has 36 heavy (non-hydrogen) atoms. The fourth-order valence-electron chi connectivity index (χ4n) is 3.78. The fraction of sp³-hybridized carbons (Fsp3) is 0.304. The first-order chi connectivity index (χ1) is 17.0. The van der Waals surface area contributed by atoms with Crippen molar-refractivity contribution in [3.63, 3.8) is 0 Å². The van der Waals surface area contributed by atoms with Crippen molar-refractivity contribution in [3.8, 4) is 0 Å². The maximum atomic E-state index is 13.9. The number of halogens is 3. The average Bonchev–Trinajstić information content (AvgIpc) is 3.59. The second kappa shape index (κ2) is 10.3. The molecular formula is C23H21ClF2N4O4S2. The molecule has 1 aromatic heterocycles. The van der Waals surface area contributed by atoms with E-state index in [-0.39, 0.29) is 16.5 Å². The van der Waals surface area contributed by atoms with Gasteiger partial charge in [0.25, 0.3) is 10.0 Å². The highest BCUT2D eigenvalue weighted by atomic mass is 35.5. The van der Waals surface area contributed by atoms with E-state index in [1.165, 1.54) is 30.0 Å². The number of nitrogens with zero attached hydrogens (tertiary/aromatic N) is 4. The van der Waals surface area contributed by atoms with Crippen LogP contribution < -0.4 is 4.31 Å². The summed E-state index contributed by atoms with van der Waals surface area (Å²) in [6, 6.07) is 8.49. The SMILES string of the molecule is CCCSc1nc(Cl)c([N+](=O)[O-])c(N([C@H]2C[C@@H]2c2ccc(F)c(F)c2)S(=O)(=O)c2ccc(C)cc2)n1. The summed E-state index contributed by atoms with van der Waals surface area (Å²) in [4.78, 5) is 19.3. The van der Waals surface area contributed by atoms with Gasteiger partial charge in [0, 0.05) is 11.7 Å². The molecule has 190 valence electrons. The molecule has 1 saturated carbocycles. The number of benzene rings is 2. The van der Waals surface area contributed by atoms with Crippen molar-refractivity contribution in [3.05, 3.63) is 80.5 Å². The van der Waals surface area contributed by atoms with Gasteiger partial charge >= 0.3 is 5.69 Å². The lowest BCUT2D eigenvalue weighted by Crippen LogP contribution is -2.35. The van der Waals surface area contributed by atoms with Gasteiger partial charge in [0.1, 0.15) is 0 Å².